The minimum atomic E-state index is -3.27. The van der Waals surface area contributed by atoms with Gasteiger partial charge in [-0.1, -0.05) is 68.6 Å². The van der Waals surface area contributed by atoms with Crippen LogP contribution in [-0.2, 0) is 0 Å². The molecule has 3 rings (SSSR count). The number of rotatable bonds is 9. The van der Waals surface area contributed by atoms with Gasteiger partial charge in [0.1, 0.15) is 5.56 Å². The highest BCUT2D eigenvalue weighted by Gasteiger charge is 2.30. The zero-order chi connectivity index (χ0) is 22.4. The van der Waals surface area contributed by atoms with Gasteiger partial charge in [0.25, 0.3) is 6.43 Å². The van der Waals surface area contributed by atoms with Crippen LogP contribution in [0.25, 0.3) is 0 Å². The normalized spacial score (nSPS) is 19.0. The van der Waals surface area contributed by atoms with Gasteiger partial charge in [-0.05, 0) is 49.1 Å². The van der Waals surface area contributed by atoms with E-state index in [1.165, 1.54) is 32.1 Å². The third-order valence-corrected chi connectivity index (χ3v) is 7.00. The largest absolute Gasteiger partial charge is 0.411 e. The van der Waals surface area contributed by atoms with Crippen molar-refractivity contribution in [3.63, 3.8) is 0 Å². The maximum absolute atomic E-state index is 13.6. The lowest BCUT2D eigenvalue weighted by Gasteiger charge is -2.29. The van der Waals surface area contributed by atoms with Gasteiger partial charge >= 0.3 is 5.97 Å². The maximum Gasteiger partial charge on any atom is 0.344 e. The SMILES string of the molecule is CCCCCC[C@H]1CC[C@H](c2ccccc2C(=O)Oc2sc(F)c(F)c2C(F)F)CC1. The Morgan fingerprint density at radius 3 is 2.48 bits per heavy atom. The number of ether oxygens (including phenoxy) is 1. The fourth-order valence-electron chi connectivity index (χ4n) is 4.44. The molecular weight excluding hydrogens is 428 g/mol. The van der Waals surface area contributed by atoms with Gasteiger partial charge in [-0.3, -0.25) is 0 Å². The number of carbonyl (C=O) groups excluding carboxylic acids is 1. The quantitative estimate of drug-likeness (QED) is 0.215. The number of hydrogen-bond acceptors (Lipinski definition) is 3. The average Bonchev–Trinajstić information content (AvgIpc) is 3.04. The number of carbonyl (C=O) groups is 1. The van der Waals surface area contributed by atoms with Crippen LogP contribution in [0, 0.1) is 16.9 Å². The predicted octanol–water partition coefficient (Wildman–Crippen LogP) is 8.43. The third kappa shape index (κ3) is 5.88. The molecule has 0 saturated heterocycles. The van der Waals surface area contributed by atoms with E-state index in [9.17, 15) is 22.4 Å². The van der Waals surface area contributed by atoms with Crippen LogP contribution in [-0.4, -0.2) is 5.97 Å². The van der Waals surface area contributed by atoms with E-state index in [2.05, 4.69) is 6.92 Å². The third-order valence-electron chi connectivity index (χ3n) is 6.15. The molecule has 0 spiro atoms. The molecule has 1 saturated carbocycles. The molecule has 0 radical (unpaired) electrons. The van der Waals surface area contributed by atoms with Gasteiger partial charge in [0, 0.05) is 0 Å². The van der Waals surface area contributed by atoms with Gasteiger partial charge in [-0.15, -0.1) is 0 Å². The maximum atomic E-state index is 13.6. The average molecular weight is 457 g/mol. The summed E-state index contributed by atoms with van der Waals surface area (Å²) in [5.41, 5.74) is -0.117. The van der Waals surface area contributed by atoms with Crippen molar-refractivity contribution in [2.75, 3.05) is 0 Å². The van der Waals surface area contributed by atoms with Crippen LogP contribution < -0.4 is 4.74 Å². The molecule has 1 aromatic carbocycles. The van der Waals surface area contributed by atoms with Crippen molar-refractivity contribution in [2.45, 2.75) is 77.1 Å². The van der Waals surface area contributed by atoms with Gasteiger partial charge in [-0.25, -0.2) is 18.0 Å². The second-order valence-corrected chi connectivity index (χ2v) is 9.17. The molecule has 0 N–H and O–H groups in total. The first-order valence-corrected chi connectivity index (χ1v) is 11.8. The van der Waals surface area contributed by atoms with E-state index >= 15 is 0 Å². The number of unbranched alkanes of at least 4 members (excludes halogenated alkanes) is 3. The highest BCUT2D eigenvalue weighted by molar-refractivity contribution is 7.12. The summed E-state index contributed by atoms with van der Waals surface area (Å²) in [6.45, 7) is 2.20. The Kier molecular flexibility index (Phi) is 8.52. The monoisotopic (exact) mass is 456 g/mol. The van der Waals surface area contributed by atoms with Crippen molar-refractivity contribution < 1.29 is 27.1 Å². The standard InChI is InChI=1S/C24H28F4O2S/c1-2-3-4-5-8-15-11-13-16(14-12-15)17-9-6-7-10-18(17)23(29)30-24-19(21(26)27)20(25)22(28)31-24/h6-7,9-10,15-16,21H,2-5,8,11-14H2,1H3/t15-,16-. The predicted molar refractivity (Wildman–Crippen MR) is 114 cm³/mol. The van der Waals surface area contributed by atoms with Crippen LogP contribution in [0.2, 0.25) is 0 Å². The molecule has 0 aliphatic heterocycles. The Labute approximate surface area is 184 Å². The van der Waals surface area contributed by atoms with Gasteiger partial charge in [0.2, 0.25) is 5.13 Å². The van der Waals surface area contributed by atoms with E-state index < -0.39 is 34.0 Å². The van der Waals surface area contributed by atoms with Crippen LogP contribution in [0.3, 0.4) is 0 Å². The fraction of sp³-hybridized carbons (Fsp3) is 0.542. The molecule has 1 heterocycles. The smallest absolute Gasteiger partial charge is 0.344 e. The first-order valence-electron chi connectivity index (χ1n) is 11.0. The molecular formula is C24H28F4O2S. The van der Waals surface area contributed by atoms with Crippen molar-refractivity contribution >= 4 is 17.3 Å². The molecule has 0 bridgehead atoms. The molecule has 2 aromatic rings. The van der Waals surface area contributed by atoms with Gasteiger partial charge in [0.05, 0.1) is 5.56 Å². The number of halogens is 4. The van der Waals surface area contributed by atoms with E-state index in [1.54, 1.807) is 12.1 Å². The Hall–Kier alpha value is -1.89. The molecule has 1 aromatic heterocycles. The molecule has 0 atom stereocenters. The summed E-state index contributed by atoms with van der Waals surface area (Å²) >= 11 is 0.0803. The molecule has 170 valence electrons. The highest BCUT2D eigenvalue weighted by Crippen LogP contribution is 2.41. The summed E-state index contributed by atoms with van der Waals surface area (Å²) in [7, 11) is 0. The van der Waals surface area contributed by atoms with Gasteiger partial charge in [-0.2, -0.15) is 4.39 Å². The molecule has 0 amide bonds. The zero-order valence-electron chi connectivity index (χ0n) is 17.6. The second-order valence-electron chi connectivity index (χ2n) is 8.24. The number of benzene rings is 1. The van der Waals surface area contributed by atoms with Crippen LogP contribution in [0.4, 0.5) is 17.6 Å². The summed E-state index contributed by atoms with van der Waals surface area (Å²) in [6, 6.07) is 6.93. The van der Waals surface area contributed by atoms with Crippen molar-refractivity contribution in [1.82, 2.24) is 0 Å². The first kappa shape index (κ1) is 23.8. The summed E-state index contributed by atoms with van der Waals surface area (Å²) in [4.78, 5) is 12.7. The molecule has 1 aliphatic carbocycles. The van der Waals surface area contributed by atoms with Crippen LogP contribution >= 0.6 is 11.3 Å². The van der Waals surface area contributed by atoms with Crippen LogP contribution in [0.1, 0.15) is 98.5 Å². The number of alkyl halides is 2. The van der Waals surface area contributed by atoms with Crippen LogP contribution in [0.15, 0.2) is 24.3 Å². The van der Waals surface area contributed by atoms with E-state index in [1.807, 2.05) is 12.1 Å². The Bertz CT molecular complexity index is 872. The zero-order valence-corrected chi connectivity index (χ0v) is 18.5. The Balaban J connectivity index is 1.68. The van der Waals surface area contributed by atoms with E-state index in [0.717, 1.165) is 31.2 Å². The summed E-state index contributed by atoms with van der Waals surface area (Å²) in [5, 5.41) is -2.13. The van der Waals surface area contributed by atoms with Crippen molar-refractivity contribution in [2.24, 2.45) is 5.92 Å². The van der Waals surface area contributed by atoms with Crippen molar-refractivity contribution in [3.8, 4) is 5.06 Å². The second kappa shape index (κ2) is 11.1. The molecule has 0 unspecified atom stereocenters. The molecule has 1 fully saturated rings. The lowest BCUT2D eigenvalue weighted by molar-refractivity contribution is 0.0726. The number of hydrogen-bond donors (Lipinski definition) is 0. The highest BCUT2D eigenvalue weighted by atomic mass is 32.1. The number of esters is 1. The molecule has 7 heteroatoms. The van der Waals surface area contributed by atoms with Crippen molar-refractivity contribution in [3.05, 3.63) is 51.9 Å². The fourth-order valence-corrected chi connectivity index (χ4v) is 5.21. The van der Waals surface area contributed by atoms with Crippen LogP contribution in [0.5, 0.6) is 5.06 Å². The Morgan fingerprint density at radius 1 is 1.10 bits per heavy atom. The lowest BCUT2D eigenvalue weighted by atomic mass is 9.76. The van der Waals surface area contributed by atoms with E-state index in [-0.39, 0.29) is 22.8 Å². The number of thiophene rings is 1. The molecule has 31 heavy (non-hydrogen) atoms. The van der Waals surface area contributed by atoms with E-state index in [0.29, 0.717) is 5.92 Å². The summed E-state index contributed by atoms with van der Waals surface area (Å²) < 4.78 is 58.3. The summed E-state index contributed by atoms with van der Waals surface area (Å²) in [5.74, 6) is -1.63. The first-order chi connectivity index (χ1) is 14.9. The molecule has 2 nitrogen and oxygen atoms in total. The van der Waals surface area contributed by atoms with Gasteiger partial charge in [0.15, 0.2) is 10.9 Å². The minimum Gasteiger partial charge on any atom is -0.411 e. The molecule has 1 aliphatic rings. The van der Waals surface area contributed by atoms with Crippen molar-refractivity contribution in [1.29, 1.82) is 0 Å². The summed E-state index contributed by atoms with van der Waals surface area (Å²) in [6.07, 6.45) is 7.09. The topological polar surface area (TPSA) is 26.3 Å². The van der Waals surface area contributed by atoms with E-state index in [4.69, 9.17) is 4.74 Å². The lowest BCUT2D eigenvalue weighted by Crippen LogP contribution is -2.18. The minimum absolute atomic E-state index is 0.0803. The Morgan fingerprint density at radius 2 is 1.81 bits per heavy atom. The van der Waals surface area contributed by atoms with Gasteiger partial charge < -0.3 is 4.74 Å².